The summed E-state index contributed by atoms with van der Waals surface area (Å²) in [6.07, 6.45) is 4.49. The lowest BCUT2D eigenvalue weighted by molar-refractivity contribution is 0.0210. The maximum Gasteiger partial charge on any atom is 0.338 e. The van der Waals surface area contributed by atoms with Crippen molar-refractivity contribution >= 4 is 17.6 Å². The fourth-order valence-electron chi connectivity index (χ4n) is 4.32. The van der Waals surface area contributed by atoms with Crippen LogP contribution < -0.4 is 5.73 Å². The van der Waals surface area contributed by atoms with Crippen molar-refractivity contribution in [2.45, 2.75) is 63.8 Å². The third kappa shape index (κ3) is 5.55. The van der Waals surface area contributed by atoms with Gasteiger partial charge in [-0.25, -0.2) is 4.79 Å². The molecule has 0 fully saturated rings. The lowest BCUT2D eigenvalue weighted by atomic mass is 9.63. The Labute approximate surface area is 197 Å². The van der Waals surface area contributed by atoms with Crippen LogP contribution in [0.1, 0.15) is 80.1 Å². The van der Waals surface area contributed by atoms with Crippen LogP contribution in [-0.4, -0.2) is 41.5 Å². The Hall–Kier alpha value is -2.47. The van der Waals surface area contributed by atoms with Crippen molar-refractivity contribution in [2.75, 3.05) is 19.8 Å². The monoisotopic (exact) mass is 451 g/mol. The third-order valence-electron chi connectivity index (χ3n) is 6.96. The average molecular weight is 452 g/mol. The molecule has 178 valence electrons. The fourth-order valence-corrected chi connectivity index (χ4v) is 4.32. The molecule has 33 heavy (non-hydrogen) atoms. The third-order valence-corrected chi connectivity index (χ3v) is 6.96. The van der Waals surface area contributed by atoms with Crippen LogP contribution >= 0.6 is 0 Å². The van der Waals surface area contributed by atoms with Gasteiger partial charge in [0, 0.05) is 0 Å². The highest BCUT2D eigenvalue weighted by atomic mass is 16.5. The number of rotatable bonds is 7. The molecular weight excluding hydrogens is 414 g/mol. The minimum absolute atomic E-state index is 0.163. The van der Waals surface area contributed by atoms with E-state index >= 15 is 0 Å². The number of fused-ring (bicyclic) bond motifs is 1. The maximum atomic E-state index is 12.3. The van der Waals surface area contributed by atoms with Gasteiger partial charge in [0.05, 0.1) is 24.3 Å². The predicted octanol–water partition coefficient (Wildman–Crippen LogP) is 4.44. The Balaban J connectivity index is 1.77. The molecule has 0 unspecified atom stereocenters. The van der Waals surface area contributed by atoms with Gasteiger partial charge < -0.3 is 20.7 Å². The number of carbonyl (C=O) groups excluding carboxylic acids is 1. The molecule has 0 atom stereocenters. The Bertz CT molecular complexity index is 1030. The van der Waals surface area contributed by atoms with E-state index in [9.17, 15) is 15.0 Å². The number of hydrogen-bond acceptors (Lipinski definition) is 5. The van der Waals surface area contributed by atoms with Gasteiger partial charge in [0.1, 0.15) is 6.61 Å². The van der Waals surface area contributed by atoms with Crippen molar-refractivity contribution in [1.29, 1.82) is 0 Å². The van der Waals surface area contributed by atoms with Crippen LogP contribution in [0, 0.1) is 0 Å². The van der Waals surface area contributed by atoms with Gasteiger partial charge in [-0.3, -0.25) is 0 Å². The Morgan fingerprint density at radius 3 is 2.09 bits per heavy atom. The number of allylic oxidation sites excluding steroid dienone is 1. The van der Waals surface area contributed by atoms with Crippen molar-refractivity contribution in [3.8, 4) is 0 Å². The smallest absolute Gasteiger partial charge is 0.338 e. The van der Waals surface area contributed by atoms with Gasteiger partial charge in [0.2, 0.25) is 0 Å². The van der Waals surface area contributed by atoms with Crippen LogP contribution in [0.3, 0.4) is 0 Å². The number of aliphatic hydroxyl groups is 2. The molecule has 2 aromatic carbocycles. The molecule has 2 aromatic rings. The molecule has 0 amide bonds. The van der Waals surface area contributed by atoms with Crippen LogP contribution in [0.25, 0.3) is 11.6 Å². The number of esters is 1. The highest BCUT2D eigenvalue weighted by Crippen LogP contribution is 2.46. The first-order valence-corrected chi connectivity index (χ1v) is 11.5. The summed E-state index contributed by atoms with van der Waals surface area (Å²) in [5.74, 6) is -0.543. The normalized spacial score (nSPS) is 17.4. The second-order valence-corrected chi connectivity index (χ2v) is 10.7. The zero-order valence-corrected chi connectivity index (χ0v) is 20.4. The molecule has 0 bridgehead atoms. The molecule has 5 nitrogen and oxygen atoms in total. The van der Waals surface area contributed by atoms with E-state index in [1.54, 1.807) is 12.1 Å². The zero-order chi connectivity index (χ0) is 24.4. The molecule has 0 spiro atoms. The molecule has 5 heteroatoms. The first-order chi connectivity index (χ1) is 15.4. The van der Waals surface area contributed by atoms with E-state index in [1.807, 2.05) is 12.1 Å². The highest BCUT2D eigenvalue weighted by molar-refractivity contribution is 5.90. The van der Waals surface area contributed by atoms with Crippen LogP contribution in [-0.2, 0) is 15.6 Å². The molecule has 0 aromatic heterocycles. The molecule has 0 heterocycles. The standard InChI is InChI=1S/C28H37NO4/c1-19(22-10-11-23-24(15-22)27(4,5)13-12-26(23,2)3)14-20-6-8-21(9-7-20)25(32)33-18-28(29,16-30)17-31/h6-11,14-15,30-31H,12-13,16-18,29H2,1-5H3/b19-14+. The second-order valence-electron chi connectivity index (χ2n) is 10.7. The number of carbonyl (C=O) groups is 1. The Morgan fingerprint density at radius 1 is 0.970 bits per heavy atom. The summed E-state index contributed by atoms with van der Waals surface area (Å²) in [4.78, 5) is 12.3. The van der Waals surface area contributed by atoms with Crippen molar-refractivity contribution in [2.24, 2.45) is 5.73 Å². The summed E-state index contributed by atoms with van der Waals surface area (Å²) in [7, 11) is 0. The molecule has 3 rings (SSSR count). The number of ether oxygens (including phenoxy) is 1. The quantitative estimate of drug-likeness (QED) is 0.428. The Kier molecular flexibility index (Phi) is 7.18. The maximum absolute atomic E-state index is 12.3. The number of benzene rings is 2. The SMILES string of the molecule is C/C(=C\c1ccc(C(=O)OCC(N)(CO)CO)cc1)c1ccc2c(c1)C(C)(C)CCC2(C)C. The molecule has 0 radical (unpaired) electrons. The minimum atomic E-state index is -1.34. The van der Waals surface area contributed by atoms with Crippen LogP contribution in [0.4, 0.5) is 0 Å². The van der Waals surface area contributed by atoms with Gasteiger partial charge in [-0.05, 0) is 70.6 Å². The average Bonchev–Trinajstić information content (AvgIpc) is 2.80. The molecular formula is C28H37NO4. The summed E-state index contributed by atoms with van der Waals surface area (Å²) in [6, 6.07) is 14.0. The summed E-state index contributed by atoms with van der Waals surface area (Å²) in [5.41, 5.74) is 11.4. The first kappa shape index (κ1) is 25.2. The largest absolute Gasteiger partial charge is 0.460 e. The van der Waals surface area contributed by atoms with Crippen molar-refractivity contribution in [1.82, 2.24) is 0 Å². The van der Waals surface area contributed by atoms with Crippen molar-refractivity contribution < 1.29 is 19.7 Å². The number of aliphatic hydroxyl groups excluding tert-OH is 2. The van der Waals surface area contributed by atoms with E-state index < -0.39 is 24.7 Å². The van der Waals surface area contributed by atoms with Gasteiger partial charge in [-0.2, -0.15) is 0 Å². The number of hydrogen-bond donors (Lipinski definition) is 3. The van der Waals surface area contributed by atoms with Gasteiger partial charge >= 0.3 is 5.97 Å². The molecule has 1 aliphatic carbocycles. The van der Waals surface area contributed by atoms with Gasteiger partial charge in [0.25, 0.3) is 0 Å². The molecule has 0 saturated carbocycles. The minimum Gasteiger partial charge on any atom is -0.460 e. The Morgan fingerprint density at radius 2 is 1.52 bits per heavy atom. The van der Waals surface area contributed by atoms with Crippen molar-refractivity contribution in [3.63, 3.8) is 0 Å². The molecule has 1 aliphatic rings. The lowest BCUT2D eigenvalue weighted by Crippen LogP contribution is -2.51. The molecule has 0 aliphatic heterocycles. The van der Waals surface area contributed by atoms with Crippen molar-refractivity contribution in [3.05, 3.63) is 70.3 Å². The summed E-state index contributed by atoms with van der Waals surface area (Å²) >= 11 is 0. The first-order valence-electron chi connectivity index (χ1n) is 11.5. The fraction of sp³-hybridized carbons (Fsp3) is 0.464. The van der Waals surface area contributed by atoms with E-state index in [1.165, 1.54) is 29.5 Å². The second kappa shape index (κ2) is 9.41. The van der Waals surface area contributed by atoms with Gasteiger partial charge in [-0.1, -0.05) is 64.1 Å². The molecule has 4 N–H and O–H groups in total. The highest BCUT2D eigenvalue weighted by Gasteiger charge is 2.37. The van der Waals surface area contributed by atoms with E-state index in [0.29, 0.717) is 5.56 Å². The molecule has 0 saturated heterocycles. The summed E-state index contributed by atoms with van der Waals surface area (Å²) in [5, 5.41) is 18.4. The zero-order valence-electron chi connectivity index (χ0n) is 20.4. The van der Waals surface area contributed by atoms with Crippen LogP contribution in [0.2, 0.25) is 0 Å². The van der Waals surface area contributed by atoms with E-state index in [2.05, 4.69) is 58.9 Å². The van der Waals surface area contributed by atoms with E-state index in [4.69, 9.17) is 10.5 Å². The summed E-state index contributed by atoms with van der Waals surface area (Å²) < 4.78 is 5.16. The van der Waals surface area contributed by atoms with Crippen LogP contribution in [0.5, 0.6) is 0 Å². The predicted molar refractivity (Wildman–Crippen MR) is 133 cm³/mol. The number of nitrogens with two attached hydrogens (primary N) is 1. The lowest BCUT2D eigenvalue weighted by Gasteiger charge is -2.42. The van der Waals surface area contributed by atoms with Gasteiger partial charge in [0.15, 0.2) is 0 Å². The van der Waals surface area contributed by atoms with E-state index in [0.717, 1.165) is 11.1 Å². The summed E-state index contributed by atoms with van der Waals surface area (Å²) in [6.45, 7) is 10.2. The topological polar surface area (TPSA) is 92.8 Å². The van der Waals surface area contributed by atoms with Gasteiger partial charge in [-0.15, -0.1) is 0 Å². The van der Waals surface area contributed by atoms with Crippen LogP contribution in [0.15, 0.2) is 42.5 Å². The van der Waals surface area contributed by atoms with E-state index in [-0.39, 0.29) is 17.4 Å².